The van der Waals surface area contributed by atoms with E-state index in [9.17, 15) is 4.79 Å². The van der Waals surface area contributed by atoms with Crippen LogP contribution in [0.25, 0.3) is 6.08 Å². The highest BCUT2D eigenvalue weighted by molar-refractivity contribution is 6.19. The third-order valence-electron chi connectivity index (χ3n) is 1.89. The van der Waals surface area contributed by atoms with Crippen molar-refractivity contribution < 1.29 is 9.53 Å². The maximum absolute atomic E-state index is 11.2. The summed E-state index contributed by atoms with van der Waals surface area (Å²) in [6.07, 6.45) is 3.53. The molecule has 0 aliphatic heterocycles. The number of alkyl halides is 1. The van der Waals surface area contributed by atoms with Crippen molar-refractivity contribution in [1.29, 1.82) is 0 Å². The van der Waals surface area contributed by atoms with Gasteiger partial charge in [-0.1, -0.05) is 12.2 Å². The number of halogens is 1. The van der Waals surface area contributed by atoms with Gasteiger partial charge in [-0.15, -0.1) is 11.6 Å². The van der Waals surface area contributed by atoms with Crippen molar-refractivity contribution in [3.63, 3.8) is 0 Å². The first kappa shape index (κ1) is 11.6. The molecule has 1 rings (SSSR count). The van der Waals surface area contributed by atoms with Crippen molar-refractivity contribution >= 4 is 29.3 Å². The molecule has 15 heavy (non-hydrogen) atoms. The Morgan fingerprint density at radius 3 is 2.93 bits per heavy atom. The van der Waals surface area contributed by atoms with Crippen LogP contribution in [0.1, 0.15) is 15.9 Å². The van der Waals surface area contributed by atoms with Crippen LogP contribution in [-0.4, -0.2) is 19.0 Å². The zero-order valence-electron chi connectivity index (χ0n) is 8.37. The zero-order valence-corrected chi connectivity index (χ0v) is 9.12. The first-order valence-corrected chi connectivity index (χ1v) is 4.93. The second-order valence-electron chi connectivity index (χ2n) is 2.89. The molecule has 3 nitrogen and oxygen atoms in total. The van der Waals surface area contributed by atoms with Crippen LogP contribution >= 0.6 is 11.6 Å². The molecule has 0 amide bonds. The molecular weight excluding hydrogens is 214 g/mol. The van der Waals surface area contributed by atoms with Gasteiger partial charge in [0.25, 0.3) is 0 Å². The Kier molecular flexibility index (Phi) is 4.18. The molecule has 0 bridgehead atoms. The van der Waals surface area contributed by atoms with E-state index in [2.05, 4.69) is 4.74 Å². The molecule has 1 aromatic carbocycles. The van der Waals surface area contributed by atoms with Gasteiger partial charge < -0.3 is 10.5 Å². The largest absolute Gasteiger partial charge is 0.465 e. The van der Waals surface area contributed by atoms with E-state index in [0.717, 1.165) is 5.56 Å². The van der Waals surface area contributed by atoms with E-state index in [1.165, 1.54) is 7.11 Å². The highest BCUT2D eigenvalue weighted by atomic mass is 35.5. The minimum atomic E-state index is -0.379. The standard InChI is InChI=1S/C11H12ClNO2/c1-15-11(14)9-4-5-10(13)8(7-9)3-2-6-12/h2-5,7H,6,13H2,1H3. The SMILES string of the molecule is COC(=O)c1ccc(N)c(C=CCCl)c1. The Bertz CT molecular complexity index is 388. The zero-order chi connectivity index (χ0) is 11.3. The second-order valence-corrected chi connectivity index (χ2v) is 3.20. The van der Waals surface area contributed by atoms with E-state index in [1.54, 1.807) is 30.4 Å². The fraction of sp³-hybridized carbons (Fsp3) is 0.182. The maximum Gasteiger partial charge on any atom is 0.337 e. The molecule has 0 saturated carbocycles. The van der Waals surface area contributed by atoms with Crippen molar-refractivity contribution in [2.24, 2.45) is 0 Å². The number of carbonyl (C=O) groups excluding carboxylic acids is 1. The fourth-order valence-electron chi connectivity index (χ4n) is 1.14. The van der Waals surface area contributed by atoms with E-state index in [4.69, 9.17) is 17.3 Å². The summed E-state index contributed by atoms with van der Waals surface area (Å²) in [5, 5.41) is 0. The summed E-state index contributed by atoms with van der Waals surface area (Å²) in [4.78, 5) is 11.2. The van der Waals surface area contributed by atoms with Gasteiger partial charge in [0.2, 0.25) is 0 Å². The predicted octanol–water partition coefficient (Wildman–Crippen LogP) is 2.31. The maximum atomic E-state index is 11.2. The van der Waals surface area contributed by atoms with Crippen molar-refractivity contribution in [2.45, 2.75) is 0 Å². The van der Waals surface area contributed by atoms with Crippen LogP contribution < -0.4 is 5.73 Å². The summed E-state index contributed by atoms with van der Waals surface area (Å²) in [6, 6.07) is 4.96. The summed E-state index contributed by atoms with van der Waals surface area (Å²) in [6.45, 7) is 0. The van der Waals surface area contributed by atoms with Crippen LogP contribution in [0.4, 0.5) is 5.69 Å². The normalized spacial score (nSPS) is 10.5. The van der Waals surface area contributed by atoms with Crippen LogP contribution in [0.3, 0.4) is 0 Å². The molecule has 0 aliphatic carbocycles. The number of allylic oxidation sites excluding steroid dienone is 1. The van der Waals surface area contributed by atoms with Gasteiger partial charge in [0, 0.05) is 11.6 Å². The smallest absolute Gasteiger partial charge is 0.337 e. The molecule has 0 unspecified atom stereocenters. The Morgan fingerprint density at radius 1 is 1.60 bits per heavy atom. The Hall–Kier alpha value is -1.48. The van der Waals surface area contributed by atoms with E-state index in [1.807, 2.05) is 0 Å². The van der Waals surface area contributed by atoms with E-state index in [0.29, 0.717) is 17.1 Å². The Morgan fingerprint density at radius 2 is 2.33 bits per heavy atom. The van der Waals surface area contributed by atoms with Gasteiger partial charge in [-0.2, -0.15) is 0 Å². The molecule has 4 heteroatoms. The Balaban J connectivity index is 3.05. The molecule has 0 aliphatic rings. The monoisotopic (exact) mass is 225 g/mol. The molecule has 0 radical (unpaired) electrons. The fourth-order valence-corrected chi connectivity index (χ4v) is 1.22. The van der Waals surface area contributed by atoms with Crippen LogP contribution in [0.15, 0.2) is 24.3 Å². The molecule has 80 valence electrons. The molecular formula is C11H12ClNO2. The number of carbonyl (C=O) groups is 1. The summed E-state index contributed by atoms with van der Waals surface area (Å²) < 4.78 is 4.61. The number of hydrogen-bond acceptors (Lipinski definition) is 3. The van der Waals surface area contributed by atoms with Gasteiger partial charge in [-0.05, 0) is 23.8 Å². The van der Waals surface area contributed by atoms with Gasteiger partial charge in [0.15, 0.2) is 0 Å². The quantitative estimate of drug-likeness (QED) is 0.488. The summed E-state index contributed by atoms with van der Waals surface area (Å²) in [5.74, 6) is 0.0255. The van der Waals surface area contributed by atoms with Crippen molar-refractivity contribution in [1.82, 2.24) is 0 Å². The number of ether oxygens (including phenoxy) is 1. The lowest BCUT2D eigenvalue weighted by atomic mass is 10.1. The average molecular weight is 226 g/mol. The lowest BCUT2D eigenvalue weighted by molar-refractivity contribution is 0.0601. The van der Waals surface area contributed by atoms with Crippen LogP contribution in [-0.2, 0) is 4.74 Å². The topological polar surface area (TPSA) is 52.3 Å². The molecule has 0 aromatic heterocycles. The van der Waals surface area contributed by atoms with Crippen molar-refractivity contribution in [3.05, 3.63) is 35.4 Å². The van der Waals surface area contributed by atoms with E-state index < -0.39 is 0 Å². The minimum Gasteiger partial charge on any atom is -0.465 e. The number of esters is 1. The number of nitrogens with two attached hydrogens (primary N) is 1. The van der Waals surface area contributed by atoms with Crippen LogP contribution in [0, 0.1) is 0 Å². The lowest BCUT2D eigenvalue weighted by Gasteiger charge is -2.03. The van der Waals surface area contributed by atoms with Gasteiger partial charge in [0.05, 0.1) is 12.7 Å². The van der Waals surface area contributed by atoms with Gasteiger partial charge in [0.1, 0.15) is 0 Å². The average Bonchev–Trinajstić information content (AvgIpc) is 2.27. The van der Waals surface area contributed by atoms with E-state index in [-0.39, 0.29) is 5.97 Å². The predicted molar refractivity (Wildman–Crippen MR) is 61.9 cm³/mol. The van der Waals surface area contributed by atoms with Crippen LogP contribution in [0.2, 0.25) is 0 Å². The molecule has 0 heterocycles. The highest BCUT2D eigenvalue weighted by Gasteiger charge is 2.06. The first-order valence-electron chi connectivity index (χ1n) is 4.39. The van der Waals surface area contributed by atoms with Gasteiger partial charge in [-0.25, -0.2) is 4.79 Å². The number of anilines is 1. The summed E-state index contributed by atoms with van der Waals surface area (Å²) in [5.41, 5.74) is 7.56. The lowest BCUT2D eigenvalue weighted by Crippen LogP contribution is -2.02. The molecule has 1 aromatic rings. The van der Waals surface area contributed by atoms with Gasteiger partial charge in [-0.3, -0.25) is 0 Å². The van der Waals surface area contributed by atoms with E-state index >= 15 is 0 Å². The summed E-state index contributed by atoms with van der Waals surface area (Å²) in [7, 11) is 1.34. The third-order valence-corrected chi connectivity index (χ3v) is 2.07. The summed E-state index contributed by atoms with van der Waals surface area (Å²) >= 11 is 5.51. The molecule has 0 fully saturated rings. The first-order chi connectivity index (χ1) is 7.19. The third kappa shape index (κ3) is 2.99. The Labute approximate surface area is 93.5 Å². The van der Waals surface area contributed by atoms with Crippen molar-refractivity contribution in [2.75, 3.05) is 18.7 Å². The molecule has 0 atom stereocenters. The number of hydrogen-bond donors (Lipinski definition) is 1. The molecule has 2 N–H and O–H groups in total. The van der Waals surface area contributed by atoms with Crippen molar-refractivity contribution in [3.8, 4) is 0 Å². The second kappa shape index (κ2) is 5.41. The van der Waals surface area contributed by atoms with Crippen LogP contribution in [0.5, 0.6) is 0 Å². The molecule has 0 saturated heterocycles. The minimum absolute atomic E-state index is 0.379. The number of benzene rings is 1. The van der Waals surface area contributed by atoms with Gasteiger partial charge >= 0.3 is 5.97 Å². The molecule has 0 spiro atoms. The number of nitrogen functional groups attached to an aromatic ring is 1. The number of rotatable bonds is 3. The number of methoxy groups -OCH3 is 1. The highest BCUT2D eigenvalue weighted by Crippen LogP contribution is 2.16.